The van der Waals surface area contributed by atoms with E-state index < -0.39 is 0 Å². The van der Waals surface area contributed by atoms with E-state index in [0.717, 1.165) is 3.57 Å². The van der Waals surface area contributed by atoms with Crippen molar-refractivity contribution in [3.63, 3.8) is 0 Å². The Kier molecular flexibility index (Phi) is 6.05. The van der Waals surface area contributed by atoms with E-state index in [1.54, 1.807) is 24.0 Å². The van der Waals surface area contributed by atoms with Crippen molar-refractivity contribution in [2.75, 3.05) is 13.1 Å². The molecule has 7 heteroatoms. The molecule has 0 bridgehead atoms. The van der Waals surface area contributed by atoms with Crippen LogP contribution in [0.1, 0.15) is 24.2 Å². The van der Waals surface area contributed by atoms with Crippen LogP contribution >= 0.6 is 22.6 Å². The molecule has 1 unspecified atom stereocenters. The summed E-state index contributed by atoms with van der Waals surface area (Å²) in [4.78, 5) is 14.0. The fourth-order valence-electron chi connectivity index (χ4n) is 1.73. The van der Waals surface area contributed by atoms with Crippen LogP contribution in [-0.4, -0.2) is 40.0 Å². The van der Waals surface area contributed by atoms with Crippen LogP contribution < -0.4 is 5.73 Å². The molecular weight excluding hydrogens is 373 g/mol. The predicted molar refractivity (Wildman–Crippen MR) is 85.0 cm³/mol. The molecule has 0 aliphatic carbocycles. The van der Waals surface area contributed by atoms with Crippen molar-refractivity contribution in [1.82, 2.24) is 4.90 Å². The average Bonchev–Trinajstić information content (AvgIpc) is 2.45. The molecule has 0 radical (unpaired) electrons. The first kappa shape index (κ1) is 16.5. The third kappa shape index (κ3) is 3.99. The van der Waals surface area contributed by atoms with Crippen LogP contribution in [0.3, 0.4) is 0 Å². The maximum absolute atomic E-state index is 12.4. The predicted octanol–water partition coefficient (Wildman–Crippen LogP) is 1.84. The minimum Gasteiger partial charge on any atom is -0.507 e. The van der Waals surface area contributed by atoms with E-state index in [4.69, 9.17) is 10.9 Å². The van der Waals surface area contributed by atoms with Crippen LogP contribution in [0.25, 0.3) is 0 Å². The van der Waals surface area contributed by atoms with Gasteiger partial charge >= 0.3 is 0 Å². The van der Waals surface area contributed by atoms with Crippen molar-refractivity contribution in [1.29, 1.82) is 0 Å². The normalized spacial score (nSPS) is 13.1. The molecule has 0 aromatic heterocycles. The zero-order valence-electron chi connectivity index (χ0n) is 11.4. The van der Waals surface area contributed by atoms with Crippen molar-refractivity contribution < 1.29 is 15.1 Å². The van der Waals surface area contributed by atoms with Crippen LogP contribution in [-0.2, 0) is 0 Å². The molecule has 1 amide bonds. The summed E-state index contributed by atoms with van der Waals surface area (Å²) in [6, 6.07) is 4.85. The maximum atomic E-state index is 12.4. The summed E-state index contributed by atoms with van der Waals surface area (Å²) in [5.74, 6) is -0.525. The van der Waals surface area contributed by atoms with E-state index in [1.165, 1.54) is 6.07 Å². The van der Waals surface area contributed by atoms with Gasteiger partial charge in [0.25, 0.3) is 5.91 Å². The molecule has 0 saturated carbocycles. The van der Waals surface area contributed by atoms with Gasteiger partial charge in [-0.1, -0.05) is 12.1 Å². The summed E-state index contributed by atoms with van der Waals surface area (Å²) >= 11 is 2.08. The van der Waals surface area contributed by atoms with Crippen molar-refractivity contribution >= 4 is 34.3 Å². The Morgan fingerprint density at radius 1 is 1.55 bits per heavy atom. The highest BCUT2D eigenvalue weighted by atomic mass is 127. The molecule has 4 N–H and O–H groups in total. The number of hydrogen-bond donors (Lipinski definition) is 3. The van der Waals surface area contributed by atoms with Crippen molar-refractivity contribution in [2.45, 2.75) is 13.8 Å². The largest absolute Gasteiger partial charge is 0.507 e. The van der Waals surface area contributed by atoms with Gasteiger partial charge in [-0.05, 0) is 47.7 Å². The number of aromatic hydroxyl groups is 1. The summed E-state index contributed by atoms with van der Waals surface area (Å²) in [7, 11) is 0. The highest BCUT2D eigenvalue weighted by molar-refractivity contribution is 14.1. The first-order chi connectivity index (χ1) is 9.40. The van der Waals surface area contributed by atoms with Gasteiger partial charge in [-0.3, -0.25) is 4.79 Å². The molecule has 110 valence electrons. The van der Waals surface area contributed by atoms with Crippen LogP contribution in [0.2, 0.25) is 0 Å². The Hall–Kier alpha value is -1.51. The number of carbonyl (C=O) groups is 1. The third-order valence-corrected chi connectivity index (χ3v) is 3.64. The lowest BCUT2D eigenvalue weighted by atomic mass is 10.1. The third-order valence-electron chi connectivity index (χ3n) is 2.97. The minimum atomic E-state index is -0.277. The number of nitrogens with two attached hydrogens (primary N) is 1. The fourth-order valence-corrected chi connectivity index (χ4v) is 2.22. The SMILES string of the molecule is CCN(CC(C)/C(N)=N/O)C(=O)c1cc(I)ccc1O. The van der Waals surface area contributed by atoms with E-state index in [1.807, 2.05) is 6.92 Å². The number of hydrogen-bond acceptors (Lipinski definition) is 4. The van der Waals surface area contributed by atoms with E-state index in [0.29, 0.717) is 13.1 Å². The number of nitrogens with zero attached hydrogens (tertiary/aromatic N) is 2. The highest BCUT2D eigenvalue weighted by Gasteiger charge is 2.21. The molecule has 0 spiro atoms. The molecule has 0 aliphatic rings. The van der Waals surface area contributed by atoms with Gasteiger partial charge in [-0.2, -0.15) is 0 Å². The van der Waals surface area contributed by atoms with Crippen molar-refractivity contribution in [3.05, 3.63) is 27.3 Å². The maximum Gasteiger partial charge on any atom is 0.257 e. The quantitative estimate of drug-likeness (QED) is 0.235. The van der Waals surface area contributed by atoms with Crippen LogP contribution in [0, 0.1) is 9.49 Å². The standard InChI is InChI=1S/C13H18IN3O3/c1-3-17(7-8(2)12(15)16-20)13(19)10-6-9(14)4-5-11(10)18/h4-6,8,18,20H,3,7H2,1-2H3,(H2,15,16). The summed E-state index contributed by atoms with van der Waals surface area (Å²) in [6.07, 6.45) is 0. The fraction of sp³-hybridized carbons (Fsp3) is 0.385. The highest BCUT2D eigenvalue weighted by Crippen LogP contribution is 2.21. The Labute approximate surface area is 131 Å². The molecule has 0 fully saturated rings. The number of benzene rings is 1. The molecule has 20 heavy (non-hydrogen) atoms. The number of oxime groups is 1. The molecule has 6 nitrogen and oxygen atoms in total. The lowest BCUT2D eigenvalue weighted by Gasteiger charge is -2.24. The second-order valence-corrected chi connectivity index (χ2v) is 5.68. The Morgan fingerprint density at radius 3 is 2.75 bits per heavy atom. The molecule has 1 rings (SSSR count). The van der Waals surface area contributed by atoms with Crippen molar-refractivity contribution in [3.8, 4) is 5.75 Å². The Morgan fingerprint density at radius 2 is 2.20 bits per heavy atom. The minimum absolute atomic E-state index is 0.0506. The Balaban J connectivity index is 2.95. The van der Waals surface area contributed by atoms with Gasteiger partial charge in [-0.15, -0.1) is 0 Å². The lowest BCUT2D eigenvalue weighted by Crippen LogP contribution is -2.38. The zero-order chi connectivity index (χ0) is 15.3. The molecule has 0 aliphatic heterocycles. The molecule has 1 aromatic carbocycles. The molecule has 0 saturated heterocycles. The first-order valence-electron chi connectivity index (χ1n) is 6.15. The summed E-state index contributed by atoms with van der Waals surface area (Å²) in [6.45, 7) is 4.38. The second kappa shape index (κ2) is 7.32. The zero-order valence-corrected chi connectivity index (χ0v) is 13.5. The lowest BCUT2D eigenvalue weighted by molar-refractivity contribution is 0.0750. The number of phenols is 1. The summed E-state index contributed by atoms with van der Waals surface area (Å²) in [5.41, 5.74) is 5.78. The van der Waals surface area contributed by atoms with Gasteiger partial charge in [0.15, 0.2) is 0 Å². The number of amidine groups is 1. The van der Waals surface area contributed by atoms with E-state index >= 15 is 0 Å². The number of phenolic OH excluding ortho intramolecular Hbond substituents is 1. The van der Waals surface area contributed by atoms with Gasteiger partial charge in [0.1, 0.15) is 11.6 Å². The number of amides is 1. The number of carbonyl (C=O) groups excluding carboxylic acids is 1. The van der Waals surface area contributed by atoms with Crippen LogP contribution in [0.15, 0.2) is 23.4 Å². The van der Waals surface area contributed by atoms with Gasteiger partial charge < -0.3 is 20.9 Å². The number of rotatable bonds is 5. The monoisotopic (exact) mass is 391 g/mol. The second-order valence-electron chi connectivity index (χ2n) is 4.43. The average molecular weight is 391 g/mol. The number of halogens is 1. The van der Waals surface area contributed by atoms with Gasteiger partial charge in [0.05, 0.1) is 5.56 Å². The van der Waals surface area contributed by atoms with E-state index in [-0.39, 0.29) is 29.0 Å². The summed E-state index contributed by atoms with van der Waals surface area (Å²) in [5, 5.41) is 21.4. The van der Waals surface area contributed by atoms with E-state index in [2.05, 4.69) is 27.7 Å². The van der Waals surface area contributed by atoms with E-state index in [9.17, 15) is 9.90 Å². The Bertz CT molecular complexity index is 520. The van der Waals surface area contributed by atoms with Gasteiger partial charge in [0, 0.05) is 22.6 Å². The molecule has 1 atom stereocenters. The van der Waals surface area contributed by atoms with Crippen molar-refractivity contribution in [2.24, 2.45) is 16.8 Å². The van der Waals surface area contributed by atoms with Gasteiger partial charge in [-0.25, -0.2) is 0 Å². The topological polar surface area (TPSA) is 99.1 Å². The van der Waals surface area contributed by atoms with Gasteiger partial charge in [0.2, 0.25) is 0 Å². The molecular formula is C13H18IN3O3. The first-order valence-corrected chi connectivity index (χ1v) is 7.23. The molecule has 1 aromatic rings. The van der Waals surface area contributed by atoms with Crippen LogP contribution in [0.5, 0.6) is 5.75 Å². The summed E-state index contributed by atoms with van der Waals surface area (Å²) < 4.78 is 0.865. The van der Waals surface area contributed by atoms with Crippen LogP contribution in [0.4, 0.5) is 0 Å². The molecule has 0 heterocycles. The smallest absolute Gasteiger partial charge is 0.257 e.